The molecule has 1 amide bonds. The summed E-state index contributed by atoms with van der Waals surface area (Å²) in [5.41, 5.74) is 1.91. The molecule has 0 aliphatic heterocycles. The van der Waals surface area contributed by atoms with Crippen LogP contribution in [0.15, 0.2) is 30.0 Å². The zero-order chi connectivity index (χ0) is 21.1. The summed E-state index contributed by atoms with van der Waals surface area (Å²) in [5.74, 6) is -0.889. The maximum Gasteiger partial charge on any atom is 0.257 e. The van der Waals surface area contributed by atoms with Crippen molar-refractivity contribution < 1.29 is 20.1 Å². The van der Waals surface area contributed by atoms with Gasteiger partial charge in [-0.25, -0.2) is 0 Å². The van der Waals surface area contributed by atoms with E-state index in [2.05, 4.69) is 16.7 Å². The van der Waals surface area contributed by atoms with Gasteiger partial charge in [-0.2, -0.15) is 0 Å². The van der Waals surface area contributed by atoms with E-state index in [4.69, 9.17) is 0 Å². The van der Waals surface area contributed by atoms with Gasteiger partial charge in [-0.1, -0.05) is 18.6 Å². The molecule has 0 saturated heterocycles. The van der Waals surface area contributed by atoms with Crippen LogP contribution in [0.3, 0.4) is 0 Å². The Morgan fingerprint density at radius 1 is 1.03 bits per heavy atom. The van der Waals surface area contributed by atoms with Crippen molar-refractivity contribution >= 4 is 23.0 Å². The fourth-order valence-corrected chi connectivity index (χ4v) is 3.38. The van der Waals surface area contributed by atoms with Crippen LogP contribution in [0.1, 0.15) is 42.5 Å². The number of nitrogens with one attached hydrogen (secondary N) is 2. The molecule has 0 unspecified atom stereocenters. The third-order valence-electron chi connectivity index (χ3n) is 5.09. The van der Waals surface area contributed by atoms with Gasteiger partial charge in [0.15, 0.2) is 5.75 Å². The van der Waals surface area contributed by atoms with E-state index < -0.39 is 0 Å². The van der Waals surface area contributed by atoms with Crippen molar-refractivity contribution in [2.45, 2.75) is 32.1 Å². The van der Waals surface area contributed by atoms with Gasteiger partial charge in [0.2, 0.25) is 11.8 Å². The van der Waals surface area contributed by atoms with Gasteiger partial charge >= 0.3 is 0 Å². The van der Waals surface area contributed by atoms with Crippen LogP contribution in [0, 0.1) is 0 Å². The average Bonchev–Trinajstić information content (AvgIpc) is 2.90. The van der Waals surface area contributed by atoms with Gasteiger partial charge in [0, 0.05) is 26.8 Å². The monoisotopic (exact) mass is 400 g/mol. The van der Waals surface area contributed by atoms with E-state index in [1.54, 1.807) is 26.2 Å². The minimum absolute atomic E-state index is 0.129. The lowest BCUT2D eigenvalue weighted by Gasteiger charge is -2.16. The van der Waals surface area contributed by atoms with Crippen molar-refractivity contribution in [3.63, 3.8) is 0 Å². The quantitative estimate of drug-likeness (QED) is 0.488. The molecular weight excluding hydrogens is 372 g/mol. The first-order valence-electron chi connectivity index (χ1n) is 9.68. The maximum atomic E-state index is 12.3. The van der Waals surface area contributed by atoms with Crippen LogP contribution in [0.4, 0.5) is 17.1 Å². The molecule has 1 aromatic carbocycles. The number of nitrogens with zero attached hydrogens (tertiary/aromatic N) is 2. The normalized spacial score (nSPS) is 14.1. The van der Waals surface area contributed by atoms with Crippen LogP contribution < -0.4 is 10.6 Å². The number of amides is 1. The fourth-order valence-electron chi connectivity index (χ4n) is 3.38. The van der Waals surface area contributed by atoms with E-state index in [9.17, 15) is 20.1 Å². The molecule has 1 aliphatic rings. The van der Waals surface area contributed by atoms with Crippen LogP contribution in [0.2, 0.25) is 0 Å². The smallest absolute Gasteiger partial charge is 0.257 e. The van der Waals surface area contributed by atoms with Crippen molar-refractivity contribution in [1.29, 1.82) is 0 Å². The number of anilines is 3. The van der Waals surface area contributed by atoms with Crippen LogP contribution in [-0.4, -0.2) is 44.8 Å². The highest BCUT2D eigenvalue weighted by molar-refractivity contribution is 5.99. The summed E-state index contributed by atoms with van der Waals surface area (Å²) in [6.07, 6.45) is 7.25. The molecule has 156 valence electrons. The van der Waals surface area contributed by atoms with E-state index in [1.807, 2.05) is 0 Å². The number of allylic oxidation sites excluding steroid dienone is 2. The minimum Gasteiger partial charge on any atom is -0.505 e. The van der Waals surface area contributed by atoms with Crippen LogP contribution in [-0.2, 0) is 7.05 Å². The summed E-state index contributed by atoms with van der Waals surface area (Å²) < 4.78 is 1.24. The van der Waals surface area contributed by atoms with Gasteiger partial charge in [0.05, 0.1) is 11.3 Å². The molecular formula is C21H28N4O4. The third-order valence-corrected chi connectivity index (χ3v) is 5.09. The lowest BCUT2D eigenvalue weighted by Crippen LogP contribution is -2.21. The summed E-state index contributed by atoms with van der Waals surface area (Å²) in [7, 11) is 4.74. The Morgan fingerprint density at radius 3 is 2.41 bits per heavy atom. The Hall–Kier alpha value is -3.29. The molecule has 0 bridgehead atoms. The molecule has 8 nitrogen and oxygen atoms in total. The molecule has 0 fully saturated rings. The van der Waals surface area contributed by atoms with Gasteiger partial charge in [-0.05, 0) is 37.8 Å². The molecule has 0 spiro atoms. The summed E-state index contributed by atoms with van der Waals surface area (Å²) in [6.45, 7) is 0. The SMILES string of the molecule is CN(C)C(=O)c1cccc(Nc2c(NC3=CCCCCC3)c(O)n(C)c2O)c1O. The summed E-state index contributed by atoms with van der Waals surface area (Å²) in [6, 6.07) is 4.76. The Kier molecular flexibility index (Phi) is 5.91. The second-order valence-electron chi connectivity index (χ2n) is 7.44. The van der Waals surface area contributed by atoms with Gasteiger partial charge < -0.3 is 30.9 Å². The van der Waals surface area contributed by atoms with Crippen molar-refractivity contribution in [2.24, 2.45) is 7.05 Å². The predicted octanol–water partition coefficient (Wildman–Crippen LogP) is 3.85. The summed E-state index contributed by atoms with van der Waals surface area (Å²) in [4.78, 5) is 13.7. The number of carbonyl (C=O) groups is 1. The lowest BCUT2D eigenvalue weighted by molar-refractivity contribution is 0.0824. The molecule has 8 heteroatoms. The standard InChI is InChI=1S/C21H28N4O4/c1-24(2)19(27)14-11-8-12-15(18(14)26)23-17-16(20(28)25(3)21(17)29)22-13-9-6-4-5-7-10-13/h8-9,11-12,22-23,26,28-29H,4-7,10H2,1-3H3. The van der Waals surface area contributed by atoms with Gasteiger partial charge in [-0.15, -0.1) is 0 Å². The number of carbonyl (C=O) groups excluding carboxylic acids is 1. The number of aromatic hydroxyl groups is 3. The van der Waals surface area contributed by atoms with Gasteiger partial charge in [0.1, 0.15) is 11.4 Å². The van der Waals surface area contributed by atoms with Crippen molar-refractivity contribution in [3.05, 3.63) is 35.5 Å². The number of para-hydroxylation sites is 1. The van der Waals surface area contributed by atoms with E-state index >= 15 is 0 Å². The van der Waals surface area contributed by atoms with E-state index in [0.29, 0.717) is 5.69 Å². The summed E-state index contributed by atoms with van der Waals surface area (Å²) >= 11 is 0. The number of benzene rings is 1. The third kappa shape index (κ3) is 4.11. The van der Waals surface area contributed by atoms with Crippen molar-refractivity contribution in [2.75, 3.05) is 24.7 Å². The maximum absolute atomic E-state index is 12.3. The van der Waals surface area contributed by atoms with Gasteiger partial charge in [-0.3, -0.25) is 9.36 Å². The molecule has 29 heavy (non-hydrogen) atoms. The van der Waals surface area contributed by atoms with Crippen molar-refractivity contribution in [1.82, 2.24) is 9.47 Å². The van der Waals surface area contributed by atoms with Crippen LogP contribution in [0.5, 0.6) is 17.5 Å². The number of hydrogen-bond acceptors (Lipinski definition) is 6. The highest BCUT2D eigenvalue weighted by Crippen LogP contribution is 2.46. The molecule has 2 aromatic rings. The molecule has 1 heterocycles. The first-order chi connectivity index (χ1) is 13.8. The molecule has 1 aliphatic carbocycles. The molecule has 0 atom stereocenters. The fraction of sp³-hybridized carbons (Fsp3) is 0.381. The Balaban J connectivity index is 1.98. The molecule has 5 N–H and O–H groups in total. The molecule has 3 rings (SSSR count). The van der Waals surface area contributed by atoms with E-state index in [1.165, 1.54) is 22.6 Å². The second kappa shape index (κ2) is 8.38. The molecule has 0 saturated carbocycles. The Labute approximate surface area is 170 Å². The lowest BCUT2D eigenvalue weighted by atomic mass is 10.1. The van der Waals surface area contributed by atoms with Crippen molar-refractivity contribution in [3.8, 4) is 17.5 Å². The topological polar surface area (TPSA) is 110 Å². The zero-order valence-electron chi connectivity index (χ0n) is 17.0. The number of phenolic OH excluding ortho intramolecular Hbond substituents is 1. The summed E-state index contributed by atoms with van der Waals surface area (Å²) in [5, 5.41) is 37.8. The average molecular weight is 400 g/mol. The van der Waals surface area contributed by atoms with E-state index in [0.717, 1.165) is 37.8 Å². The molecule has 0 radical (unpaired) electrons. The second-order valence-corrected chi connectivity index (χ2v) is 7.44. The predicted molar refractivity (Wildman–Crippen MR) is 113 cm³/mol. The Morgan fingerprint density at radius 2 is 1.72 bits per heavy atom. The van der Waals surface area contributed by atoms with Gasteiger partial charge in [0.25, 0.3) is 5.91 Å². The van der Waals surface area contributed by atoms with E-state index in [-0.39, 0.29) is 40.4 Å². The largest absolute Gasteiger partial charge is 0.505 e. The number of aromatic nitrogens is 1. The van der Waals surface area contributed by atoms with Crippen LogP contribution >= 0.6 is 0 Å². The number of rotatable bonds is 5. The Bertz CT molecular complexity index is 947. The zero-order valence-corrected chi connectivity index (χ0v) is 17.0. The first-order valence-corrected chi connectivity index (χ1v) is 9.68. The highest BCUT2D eigenvalue weighted by Gasteiger charge is 2.24. The number of phenols is 1. The first kappa shape index (κ1) is 20.4. The minimum atomic E-state index is -0.340. The highest BCUT2D eigenvalue weighted by atomic mass is 16.3. The van der Waals surface area contributed by atoms with Crippen LogP contribution in [0.25, 0.3) is 0 Å². The number of hydrogen-bond donors (Lipinski definition) is 5. The molecule has 1 aromatic heterocycles.